The Morgan fingerprint density at radius 3 is 2.53 bits per heavy atom. The third kappa shape index (κ3) is 4.06. The number of benzene rings is 1. The molecule has 0 fully saturated rings. The Labute approximate surface area is 123 Å². The van der Waals surface area contributed by atoms with Crippen LogP contribution in [0.15, 0.2) is 53.7 Å². The minimum atomic E-state index is -0.0952. The second-order valence-corrected chi connectivity index (χ2v) is 5.24. The maximum Gasteiger partial charge on any atom is 0.195 e. The highest BCUT2D eigenvalue weighted by atomic mass is 35.5. The minimum Gasteiger partial charge on any atom is -0.319 e. The van der Waals surface area contributed by atoms with Gasteiger partial charge in [-0.3, -0.25) is 4.79 Å². The molecule has 2 aromatic rings. The summed E-state index contributed by atoms with van der Waals surface area (Å²) in [6.07, 6.45) is 1.67. The number of pyridine rings is 1. The Morgan fingerprint density at radius 1 is 1.21 bits per heavy atom. The topological polar surface area (TPSA) is 56.0 Å². The molecule has 0 amide bonds. The summed E-state index contributed by atoms with van der Waals surface area (Å²) >= 11 is 1.39. The van der Waals surface area contributed by atoms with Gasteiger partial charge in [-0.25, -0.2) is 4.98 Å². The van der Waals surface area contributed by atoms with E-state index < -0.39 is 0 Å². The molecule has 1 heterocycles. The van der Waals surface area contributed by atoms with Crippen molar-refractivity contribution in [2.75, 3.05) is 0 Å². The molecule has 1 unspecified atom stereocenters. The minimum absolute atomic E-state index is 0. The van der Waals surface area contributed by atoms with Crippen LogP contribution in [0.5, 0.6) is 0 Å². The van der Waals surface area contributed by atoms with Crippen molar-refractivity contribution >= 4 is 30.0 Å². The van der Waals surface area contributed by atoms with Crippen molar-refractivity contribution in [2.45, 2.75) is 17.3 Å². The molecule has 0 saturated heterocycles. The third-order valence-electron chi connectivity index (χ3n) is 2.35. The fourth-order valence-corrected chi connectivity index (χ4v) is 2.34. The van der Waals surface area contributed by atoms with E-state index in [1.807, 2.05) is 25.1 Å². The van der Waals surface area contributed by atoms with Gasteiger partial charge in [-0.2, -0.15) is 0 Å². The first-order valence-electron chi connectivity index (χ1n) is 5.65. The predicted octanol–water partition coefficient (Wildman–Crippen LogP) is 3.13. The molecular weight excluding hydrogens is 280 g/mol. The van der Waals surface area contributed by atoms with Gasteiger partial charge in [0, 0.05) is 11.8 Å². The number of thioether (sulfide) groups is 1. The largest absolute Gasteiger partial charge is 0.319 e. The van der Waals surface area contributed by atoms with Gasteiger partial charge in [0.05, 0.1) is 10.9 Å². The molecule has 1 aromatic carbocycles. The molecular formula is C14H15ClN2OS. The maximum atomic E-state index is 12.4. The van der Waals surface area contributed by atoms with E-state index in [2.05, 4.69) is 4.98 Å². The number of carbonyl (C=O) groups excluding carboxylic acids is 1. The molecule has 19 heavy (non-hydrogen) atoms. The Bertz CT molecular complexity index is 546. The van der Waals surface area contributed by atoms with Crippen LogP contribution in [0.3, 0.4) is 0 Å². The maximum absolute atomic E-state index is 12.4. The standard InChI is InChI=1S/C14H14N2OS.ClH/c1-10(15)18-14-12(8-5-9-16-14)13(17)11-6-3-2-4-7-11;/h2-10H,15H2,1H3;1H. The summed E-state index contributed by atoms with van der Waals surface area (Å²) in [6, 6.07) is 12.7. The molecule has 1 atom stereocenters. The van der Waals surface area contributed by atoms with E-state index >= 15 is 0 Å². The first-order chi connectivity index (χ1) is 8.68. The van der Waals surface area contributed by atoms with Crippen LogP contribution in [0.4, 0.5) is 0 Å². The highest BCUT2D eigenvalue weighted by Crippen LogP contribution is 2.24. The number of nitrogens with two attached hydrogens (primary N) is 1. The molecule has 0 saturated carbocycles. The molecule has 0 bridgehead atoms. The van der Waals surface area contributed by atoms with Crippen molar-refractivity contribution in [1.82, 2.24) is 4.98 Å². The van der Waals surface area contributed by atoms with Crippen molar-refractivity contribution in [2.24, 2.45) is 5.73 Å². The summed E-state index contributed by atoms with van der Waals surface area (Å²) in [5.74, 6) is -0.0214. The number of aromatic nitrogens is 1. The van der Waals surface area contributed by atoms with Gasteiger partial charge >= 0.3 is 0 Å². The first kappa shape index (κ1) is 15.7. The molecule has 0 aliphatic carbocycles. The lowest BCUT2D eigenvalue weighted by atomic mass is 10.1. The van der Waals surface area contributed by atoms with E-state index in [1.54, 1.807) is 30.5 Å². The van der Waals surface area contributed by atoms with Gasteiger partial charge in [0.15, 0.2) is 5.78 Å². The fraction of sp³-hybridized carbons (Fsp3) is 0.143. The number of halogens is 1. The van der Waals surface area contributed by atoms with E-state index in [4.69, 9.17) is 5.73 Å². The van der Waals surface area contributed by atoms with Crippen molar-refractivity contribution in [3.05, 3.63) is 59.8 Å². The van der Waals surface area contributed by atoms with Crippen LogP contribution in [0, 0.1) is 0 Å². The zero-order valence-electron chi connectivity index (χ0n) is 10.4. The number of hydrogen-bond acceptors (Lipinski definition) is 4. The van der Waals surface area contributed by atoms with Gasteiger partial charge in [0.2, 0.25) is 0 Å². The van der Waals surface area contributed by atoms with E-state index in [-0.39, 0.29) is 23.6 Å². The van der Waals surface area contributed by atoms with Crippen LogP contribution in [0.1, 0.15) is 22.8 Å². The summed E-state index contributed by atoms with van der Waals surface area (Å²) < 4.78 is 0. The van der Waals surface area contributed by atoms with Crippen LogP contribution in [-0.4, -0.2) is 16.1 Å². The van der Waals surface area contributed by atoms with Crippen LogP contribution >= 0.6 is 24.2 Å². The Morgan fingerprint density at radius 2 is 1.89 bits per heavy atom. The monoisotopic (exact) mass is 294 g/mol. The summed E-state index contributed by atoms with van der Waals surface area (Å²) in [5, 5.41) is 0.587. The second-order valence-electron chi connectivity index (χ2n) is 3.87. The van der Waals surface area contributed by atoms with Gasteiger partial charge in [-0.15, -0.1) is 12.4 Å². The average Bonchev–Trinajstić information content (AvgIpc) is 2.39. The van der Waals surface area contributed by atoms with E-state index in [0.717, 1.165) is 0 Å². The van der Waals surface area contributed by atoms with Crippen molar-refractivity contribution in [1.29, 1.82) is 0 Å². The summed E-state index contributed by atoms with van der Waals surface area (Å²) in [5.41, 5.74) is 7.01. The summed E-state index contributed by atoms with van der Waals surface area (Å²) in [6.45, 7) is 1.87. The lowest BCUT2D eigenvalue weighted by Crippen LogP contribution is -2.12. The SMILES string of the molecule is CC(N)Sc1ncccc1C(=O)c1ccccc1.Cl. The number of rotatable bonds is 4. The predicted molar refractivity (Wildman–Crippen MR) is 80.9 cm³/mol. The van der Waals surface area contributed by atoms with Gasteiger partial charge in [-0.05, 0) is 19.1 Å². The lowest BCUT2D eigenvalue weighted by molar-refractivity contribution is 0.103. The quantitative estimate of drug-likeness (QED) is 0.535. The third-order valence-corrected chi connectivity index (χ3v) is 3.27. The molecule has 0 aliphatic rings. The van der Waals surface area contributed by atoms with Crippen molar-refractivity contribution in [3.63, 3.8) is 0 Å². The molecule has 5 heteroatoms. The number of nitrogens with zero attached hydrogens (tertiary/aromatic N) is 1. The van der Waals surface area contributed by atoms with Crippen LogP contribution in [-0.2, 0) is 0 Å². The molecule has 0 radical (unpaired) electrons. The van der Waals surface area contributed by atoms with Gasteiger partial charge in [0.1, 0.15) is 5.03 Å². The molecule has 0 spiro atoms. The lowest BCUT2D eigenvalue weighted by Gasteiger charge is -2.09. The highest BCUT2D eigenvalue weighted by Gasteiger charge is 2.15. The van der Waals surface area contributed by atoms with E-state index in [0.29, 0.717) is 16.2 Å². The molecule has 0 aliphatic heterocycles. The first-order valence-corrected chi connectivity index (χ1v) is 6.53. The number of ketones is 1. The normalized spacial score (nSPS) is 11.5. The smallest absolute Gasteiger partial charge is 0.195 e. The summed E-state index contributed by atoms with van der Waals surface area (Å²) in [7, 11) is 0. The zero-order chi connectivity index (χ0) is 13.0. The molecule has 2 rings (SSSR count). The van der Waals surface area contributed by atoms with Crippen molar-refractivity contribution < 1.29 is 4.79 Å². The second kappa shape index (κ2) is 7.28. The molecule has 3 nitrogen and oxygen atoms in total. The van der Waals surface area contributed by atoms with E-state index in [9.17, 15) is 4.79 Å². The van der Waals surface area contributed by atoms with Crippen LogP contribution in [0.2, 0.25) is 0 Å². The van der Waals surface area contributed by atoms with Crippen LogP contribution in [0.25, 0.3) is 0 Å². The van der Waals surface area contributed by atoms with Gasteiger partial charge in [0.25, 0.3) is 0 Å². The molecule has 100 valence electrons. The fourth-order valence-electron chi connectivity index (χ4n) is 1.58. The summed E-state index contributed by atoms with van der Waals surface area (Å²) in [4.78, 5) is 16.6. The van der Waals surface area contributed by atoms with Crippen molar-refractivity contribution in [3.8, 4) is 0 Å². The Hall–Kier alpha value is -1.36. The van der Waals surface area contributed by atoms with Gasteiger partial charge in [-0.1, -0.05) is 42.1 Å². The Kier molecular flexibility index (Phi) is 6.02. The average molecular weight is 295 g/mol. The molecule has 1 aromatic heterocycles. The van der Waals surface area contributed by atoms with Gasteiger partial charge < -0.3 is 5.73 Å². The number of carbonyl (C=O) groups is 1. The zero-order valence-corrected chi connectivity index (χ0v) is 12.1. The Balaban J connectivity index is 0.00000180. The number of hydrogen-bond donors (Lipinski definition) is 1. The van der Waals surface area contributed by atoms with E-state index in [1.165, 1.54) is 11.8 Å². The highest BCUT2D eigenvalue weighted by molar-refractivity contribution is 7.99. The van der Waals surface area contributed by atoms with Crippen LogP contribution < -0.4 is 5.73 Å². The molecule has 2 N–H and O–H groups in total.